The van der Waals surface area contributed by atoms with Crippen molar-refractivity contribution in [2.24, 2.45) is 0 Å². The van der Waals surface area contributed by atoms with Crippen LogP contribution in [0, 0.1) is 0 Å². The fourth-order valence-electron chi connectivity index (χ4n) is 3.89. The lowest BCUT2D eigenvalue weighted by Crippen LogP contribution is -2.42. The van der Waals surface area contributed by atoms with Gasteiger partial charge in [-0.25, -0.2) is 14.8 Å². The molecule has 0 aliphatic carbocycles. The zero-order valence-electron chi connectivity index (χ0n) is 23.0. The van der Waals surface area contributed by atoms with Gasteiger partial charge in [-0.05, 0) is 59.8 Å². The zero-order valence-corrected chi connectivity index (χ0v) is 24.0. The summed E-state index contributed by atoms with van der Waals surface area (Å²) in [5, 5.41) is 0.0473. The van der Waals surface area contributed by atoms with Crippen LogP contribution in [0.2, 0.25) is 18.1 Å². The van der Waals surface area contributed by atoms with E-state index in [4.69, 9.17) is 13.6 Å². The maximum absolute atomic E-state index is 11.7. The Hall–Kier alpha value is -3.55. The second-order valence-corrected chi connectivity index (χ2v) is 15.7. The zero-order chi connectivity index (χ0) is 27.3. The molecule has 0 saturated carbocycles. The number of carbonyl (C=O) groups is 1. The Labute approximate surface area is 226 Å². The molecular formula is C31H36N2O4Si. The van der Waals surface area contributed by atoms with Crippen molar-refractivity contribution in [1.82, 2.24) is 9.97 Å². The highest BCUT2D eigenvalue weighted by molar-refractivity contribution is 6.74. The molecule has 0 amide bonds. The summed E-state index contributed by atoms with van der Waals surface area (Å²) in [6, 6.07) is 22.5. The summed E-state index contributed by atoms with van der Waals surface area (Å²) in [5.41, 5.74) is 4.63. The molecule has 0 N–H and O–H groups in total. The predicted molar refractivity (Wildman–Crippen MR) is 152 cm³/mol. The fraction of sp³-hybridized carbons (Fsp3) is 0.323. The van der Waals surface area contributed by atoms with Crippen molar-refractivity contribution < 1.29 is 18.4 Å². The van der Waals surface area contributed by atoms with Crippen LogP contribution in [0.25, 0.3) is 22.5 Å². The number of aromatic nitrogens is 2. The average molecular weight is 529 g/mol. The van der Waals surface area contributed by atoms with Gasteiger partial charge in [0.2, 0.25) is 5.89 Å². The Morgan fingerprint density at radius 2 is 1.55 bits per heavy atom. The van der Waals surface area contributed by atoms with Crippen LogP contribution in [0.1, 0.15) is 55.2 Å². The minimum atomic E-state index is -2.10. The summed E-state index contributed by atoms with van der Waals surface area (Å²) in [7, 11) is -0.766. The molecule has 6 nitrogen and oxygen atoms in total. The van der Waals surface area contributed by atoms with E-state index in [0.717, 1.165) is 18.4 Å². The van der Waals surface area contributed by atoms with Gasteiger partial charge in [0.25, 0.3) is 0 Å². The average Bonchev–Trinajstić information content (AvgIpc) is 3.41. The number of methoxy groups -OCH3 is 1. The molecule has 0 bridgehead atoms. The van der Waals surface area contributed by atoms with Crippen molar-refractivity contribution in [3.05, 3.63) is 96.3 Å². The number of aryl methyl sites for hydroxylation is 1. The molecule has 4 rings (SSSR count). The van der Waals surface area contributed by atoms with Crippen molar-refractivity contribution in [2.45, 2.75) is 57.8 Å². The van der Waals surface area contributed by atoms with E-state index in [1.54, 1.807) is 24.5 Å². The Bertz CT molecular complexity index is 1340. The largest absolute Gasteiger partial charge is 0.464 e. The second-order valence-electron chi connectivity index (χ2n) is 11.0. The molecule has 2 aromatic heterocycles. The molecule has 0 aliphatic rings. The molecule has 2 heterocycles. The summed E-state index contributed by atoms with van der Waals surface area (Å²) >= 11 is 0. The van der Waals surface area contributed by atoms with E-state index in [2.05, 4.69) is 92.4 Å². The van der Waals surface area contributed by atoms with E-state index in [1.165, 1.54) is 23.8 Å². The molecule has 1 unspecified atom stereocenters. The van der Waals surface area contributed by atoms with Gasteiger partial charge in [0.15, 0.2) is 14.1 Å². The van der Waals surface area contributed by atoms with Crippen LogP contribution in [-0.4, -0.2) is 31.4 Å². The summed E-state index contributed by atoms with van der Waals surface area (Å²) in [5.74, 6) is 0.664. The number of oxazole rings is 1. The number of nitrogens with zero attached hydrogens (tertiary/aromatic N) is 2. The van der Waals surface area contributed by atoms with Gasteiger partial charge in [-0.2, -0.15) is 0 Å². The van der Waals surface area contributed by atoms with Crippen LogP contribution in [0.3, 0.4) is 0 Å². The van der Waals surface area contributed by atoms with Crippen molar-refractivity contribution in [3.8, 4) is 22.5 Å². The van der Waals surface area contributed by atoms with E-state index in [9.17, 15) is 4.79 Å². The summed E-state index contributed by atoms with van der Waals surface area (Å²) in [6.07, 6.45) is 4.59. The van der Waals surface area contributed by atoms with Gasteiger partial charge >= 0.3 is 5.97 Å². The van der Waals surface area contributed by atoms with Crippen molar-refractivity contribution in [2.75, 3.05) is 7.11 Å². The van der Waals surface area contributed by atoms with Crippen molar-refractivity contribution in [3.63, 3.8) is 0 Å². The first-order valence-corrected chi connectivity index (χ1v) is 15.8. The highest BCUT2D eigenvalue weighted by Gasteiger charge is 2.40. The molecule has 4 aromatic rings. The SMILES string of the molecule is COC(=O)c1ccc(-c2cnc(C(CCc3ccc(-c4ccccc4)cc3)O[Si](C)(C)C(C)(C)C)o2)cn1. The van der Waals surface area contributed by atoms with E-state index in [1.807, 2.05) is 6.07 Å². The lowest BCUT2D eigenvalue weighted by atomic mass is 10.0. The van der Waals surface area contributed by atoms with Gasteiger partial charge in [-0.1, -0.05) is 75.4 Å². The molecule has 198 valence electrons. The van der Waals surface area contributed by atoms with Crippen LogP contribution in [0.5, 0.6) is 0 Å². The lowest BCUT2D eigenvalue weighted by molar-refractivity contribution is 0.0594. The minimum absolute atomic E-state index is 0.0473. The fourth-order valence-corrected chi connectivity index (χ4v) is 5.18. The molecule has 38 heavy (non-hydrogen) atoms. The third kappa shape index (κ3) is 6.47. The number of benzene rings is 2. The van der Waals surface area contributed by atoms with Gasteiger partial charge in [-0.15, -0.1) is 0 Å². The molecule has 0 radical (unpaired) electrons. The number of carbonyl (C=O) groups excluding carboxylic acids is 1. The molecule has 0 spiro atoms. The first kappa shape index (κ1) is 27.5. The molecule has 0 aliphatic heterocycles. The first-order valence-electron chi connectivity index (χ1n) is 12.9. The number of ether oxygens (including phenoxy) is 1. The normalized spacial score (nSPS) is 12.8. The minimum Gasteiger partial charge on any atom is -0.464 e. The van der Waals surface area contributed by atoms with Crippen LogP contribution >= 0.6 is 0 Å². The molecule has 7 heteroatoms. The van der Waals surface area contributed by atoms with Gasteiger partial charge in [0, 0.05) is 11.8 Å². The standard InChI is InChI=1S/C31H36N2O4Si/c1-31(2,3)38(5,6)37-27(19-14-22-12-15-24(16-13-22)23-10-8-7-9-11-23)29-33-21-28(36-29)25-17-18-26(32-20-25)30(34)35-4/h7-13,15-18,20-21,27H,14,19H2,1-6H3. The molecule has 1 atom stereocenters. The maximum Gasteiger partial charge on any atom is 0.356 e. The summed E-state index contributed by atoms with van der Waals surface area (Å²) in [6.45, 7) is 11.2. The van der Waals surface area contributed by atoms with E-state index < -0.39 is 14.3 Å². The smallest absolute Gasteiger partial charge is 0.356 e. The number of pyridine rings is 1. The number of rotatable bonds is 9. The molecule has 0 saturated heterocycles. The lowest BCUT2D eigenvalue weighted by Gasteiger charge is -2.38. The Morgan fingerprint density at radius 3 is 2.16 bits per heavy atom. The Kier molecular flexibility index (Phi) is 8.28. The summed E-state index contributed by atoms with van der Waals surface area (Å²) in [4.78, 5) is 20.5. The van der Waals surface area contributed by atoms with Gasteiger partial charge in [0.05, 0.1) is 13.3 Å². The second kappa shape index (κ2) is 11.5. The van der Waals surface area contributed by atoms with Gasteiger partial charge < -0.3 is 13.6 Å². The highest BCUT2D eigenvalue weighted by Crippen LogP contribution is 2.41. The van der Waals surface area contributed by atoms with Crippen LogP contribution < -0.4 is 0 Å². The Morgan fingerprint density at radius 1 is 0.895 bits per heavy atom. The van der Waals surface area contributed by atoms with Crippen LogP contribution in [-0.2, 0) is 15.6 Å². The predicted octanol–water partition coefficient (Wildman–Crippen LogP) is 7.89. The van der Waals surface area contributed by atoms with E-state index >= 15 is 0 Å². The quantitative estimate of drug-likeness (QED) is 0.162. The number of hydrogen-bond donors (Lipinski definition) is 0. The summed E-state index contributed by atoms with van der Waals surface area (Å²) < 4.78 is 17.8. The van der Waals surface area contributed by atoms with Crippen LogP contribution in [0.4, 0.5) is 0 Å². The number of hydrogen-bond acceptors (Lipinski definition) is 6. The van der Waals surface area contributed by atoms with E-state index in [-0.39, 0.29) is 16.8 Å². The Balaban J connectivity index is 1.54. The molecule has 2 aromatic carbocycles. The van der Waals surface area contributed by atoms with Crippen molar-refractivity contribution in [1.29, 1.82) is 0 Å². The number of esters is 1. The third-order valence-corrected chi connectivity index (χ3v) is 11.7. The first-order chi connectivity index (χ1) is 18.1. The third-order valence-electron chi connectivity index (χ3n) is 7.24. The van der Waals surface area contributed by atoms with Crippen LogP contribution in [0.15, 0.2) is 83.5 Å². The maximum atomic E-state index is 11.7. The van der Waals surface area contributed by atoms with Crippen molar-refractivity contribution >= 4 is 14.3 Å². The topological polar surface area (TPSA) is 74.5 Å². The molecule has 0 fully saturated rings. The monoisotopic (exact) mass is 528 g/mol. The van der Waals surface area contributed by atoms with Gasteiger partial charge in [-0.3, -0.25) is 0 Å². The molecular weight excluding hydrogens is 492 g/mol. The van der Waals surface area contributed by atoms with E-state index in [0.29, 0.717) is 11.7 Å². The highest BCUT2D eigenvalue weighted by atomic mass is 28.4. The van der Waals surface area contributed by atoms with Gasteiger partial charge in [0.1, 0.15) is 11.8 Å².